The van der Waals surface area contributed by atoms with Crippen LogP contribution in [0.5, 0.6) is 0 Å². The van der Waals surface area contributed by atoms with Gasteiger partial charge in [-0.05, 0) is 12.5 Å². The molecule has 5 nitrogen and oxygen atoms in total. The molecule has 0 amide bonds. The number of nitrogens with one attached hydrogen (secondary N) is 1. The first-order valence-corrected chi connectivity index (χ1v) is 8.50. The Bertz CT molecular complexity index is 679. The van der Waals surface area contributed by atoms with E-state index in [1.807, 2.05) is 12.1 Å². The van der Waals surface area contributed by atoms with Crippen LogP contribution in [0.3, 0.4) is 0 Å². The van der Waals surface area contributed by atoms with E-state index in [1.54, 1.807) is 19.2 Å². The van der Waals surface area contributed by atoms with Crippen molar-refractivity contribution in [2.24, 2.45) is 0 Å². The predicted octanol–water partition coefficient (Wildman–Crippen LogP) is 1.71. The lowest BCUT2D eigenvalue weighted by Gasteiger charge is -2.07. The summed E-state index contributed by atoms with van der Waals surface area (Å²) in [5.74, 6) is 0. The van der Waals surface area contributed by atoms with Gasteiger partial charge in [-0.15, -0.1) is 11.3 Å². The Morgan fingerprint density at radius 2 is 2.10 bits per heavy atom. The molecule has 2 N–H and O–H groups in total. The summed E-state index contributed by atoms with van der Waals surface area (Å²) in [7, 11) is -2.05. The van der Waals surface area contributed by atoms with Crippen LogP contribution >= 0.6 is 11.3 Å². The van der Waals surface area contributed by atoms with Gasteiger partial charge in [-0.3, -0.25) is 0 Å². The summed E-state index contributed by atoms with van der Waals surface area (Å²) in [6, 6.07) is 7.25. The Hall–Kier alpha value is -0.990. The average molecular weight is 315 g/mol. The maximum atomic E-state index is 12.4. The molecule has 7 heteroatoms. The number of rotatable bonds is 7. The predicted molar refractivity (Wildman–Crippen MR) is 79.4 cm³/mol. The van der Waals surface area contributed by atoms with E-state index in [4.69, 9.17) is 4.74 Å². The van der Waals surface area contributed by atoms with Crippen LogP contribution in [0.1, 0.15) is 11.3 Å². The number of methoxy groups -OCH3 is 1. The van der Waals surface area contributed by atoms with Crippen LogP contribution in [0.2, 0.25) is 0 Å². The quantitative estimate of drug-likeness (QED) is 0.763. The number of aliphatic hydroxyl groups excluding tert-OH is 1. The van der Waals surface area contributed by atoms with Crippen LogP contribution in [-0.4, -0.2) is 33.8 Å². The Labute approximate surface area is 122 Å². The first kappa shape index (κ1) is 15.4. The Morgan fingerprint density at radius 3 is 2.80 bits per heavy atom. The minimum atomic E-state index is -3.62. The molecule has 110 valence electrons. The molecule has 0 aliphatic rings. The summed E-state index contributed by atoms with van der Waals surface area (Å²) < 4.78 is 33.1. The van der Waals surface area contributed by atoms with Gasteiger partial charge in [-0.2, -0.15) is 0 Å². The summed E-state index contributed by atoms with van der Waals surface area (Å²) in [6.45, 7) is 0.526. The van der Waals surface area contributed by atoms with Gasteiger partial charge in [-0.25, -0.2) is 13.1 Å². The van der Waals surface area contributed by atoms with Gasteiger partial charge in [0.1, 0.15) is 4.90 Å². The zero-order valence-electron chi connectivity index (χ0n) is 11.1. The highest BCUT2D eigenvalue weighted by atomic mass is 32.2. The van der Waals surface area contributed by atoms with Crippen LogP contribution in [0.4, 0.5) is 0 Å². The number of aliphatic hydroxyl groups is 1. The fourth-order valence-electron chi connectivity index (χ4n) is 1.97. The molecule has 0 radical (unpaired) electrons. The monoisotopic (exact) mass is 315 g/mol. The normalized spacial score (nSPS) is 12.1. The van der Waals surface area contributed by atoms with Crippen LogP contribution < -0.4 is 4.72 Å². The van der Waals surface area contributed by atoms with Crippen molar-refractivity contribution in [3.8, 4) is 0 Å². The molecular formula is C13H17NO4S2. The minimum Gasteiger partial charge on any atom is -0.391 e. The third-order valence-electron chi connectivity index (χ3n) is 2.85. The topological polar surface area (TPSA) is 75.6 Å². The van der Waals surface area contributed by atoms with Gasteiger partial charge < -0.3 is 9.84 Å². The maximum absolute atomic E-state index is 12.4. The molecule has 0 aliphatic heterocycles. The number of hydrogen-bond donors (Lipinski definition) is 2. The summed E-state index contributed by atoms with van der Waals surface area (Å²) in [4.78, 5) is 0.656. The molecule has 0 atom stereocenters. The van der Waals surface area contributed by atoms with E-state index in [-0.39, 0.29) is 11.5 Å². The SMILES string of the molecule is COCCCNS(=O)(=O)c1c(CO)sc2ccccc12. The number of hydrogen-bond acceptors (Lipinski definition) is 5. The second-order valence-electron chi connectivity index (χ2n) is 4.25. The molecule has 0 spiro atoms. The molecule has 0 unspecified atom stereocenters. The fourth-order valence-corrected chi connectivity index (χ4v) is 4.83. The van der Waals surface area contributed by atoms with E-state index in [0.29, 0.717) is 29.8 Å². The second-order valence-corrected chi connectivity index (χ2v) is 7.09. The fraction of sp³-hybridized carbons (Fsp3) is 0.385. The minimum absolute atomic E-state index is 0.193. The van der Waals surface area contributed by atoms with Crippen molar-refractivity contribution < 1.29 is 18.3 Å². The molecular weight excluding hydrogens is 298 g/mol. The smallest absolute Gasteiger partial charge is 0.242 e. The molecule has 20 heavy (non-hydrogen) atoms. The van der Waals surface area contributed by atoms with E-state index in [9.17, 15) is 13.5 Å². The first-order chi connectivity index (χ1) is 9.60. The zero-order chi connectivity index (χ0) is 14.6. The van der Waals surface area contributed by atoms with Crippen molar-refractivity contribution in [2.75, 3.05) is 20.3 Å². The molecule has 0 aliphatic carbocycles. The van der Waals surface area contributed by atoms with Crippen molar-refractivity contribution in [1.29, 1.82) is 0 Å². The van der Waals surface area contributed by atoms with Gasteiger partial charge >= 0.3 is 0 Å². The molecule has 1 aromatic carbocycles. The van der Waals surface area contributed by atoms with E-state index in [0.717, 1.165) is 4.70 Å². The van der Waals surface area contributed by atoms with E-state index >= 15 is 0 Å². The van der Waals surface area contributed by atoms with Crippen molar-refractivity contribution >= 4 is 31.4 Å². The summed E-state index contributed by atoms with van der Waals surface area (Å²) >= 11 is 1.30. The molecule has 1 aromatic heterocycles. The highest BCUT2D eigenvalue weighted by Gasteiger charge is 2.23. The van der Waals surface area contributed by atoms with Gasteiger partial charge in [-0.1, -0.05) is 18.2 Å². The number of ether oxygens (including phenoxy) is 1. The standard InChI is InChI=1S/C13H17NO4S2/c1-18-8-4-7-14-20(16,17)13-10-5-2-3-6-11(10)19-12(13)9-15/h2-3,5-6,14-15H,4,7-9H2,1H3. The molecule has 0 saturated heterocycles. The largest absolute Gasteiger partial charge is 0.391 e. The van der Waals surface area contributed by atoms with Gasteiger partial charge in [0.25, 0.3) is 0 Å². The highest BCUT2D eigenvalue weighted by molar-refractivity contribution is 7.90. The molecule has 1 heterocycles. The zero-order valence-corrected chi connectivity index (χ0v) is 12.8. The Kier molecular flexibility index (Phi) is 5.11. The average Bonchev–Trinajstić information content (AvgIpc) is 2.83. The maximum Gasteiger partial charge on any atom is 0.242 e. The molecule has 0 bridgehead atoms. The first-order valence-electron chi connectivity index (χ1n) is 6.20. The molecule has 0 fully saturated rings. The third-order valence-corrected chi connectivity index (χ3v) is 5.72. The molecule has 2 rings (SSSR count). The van der Waals surface area contributed by atoms with Crippen LogP contribution in [-0.2, 0) is 21.4 Å². The lowest BCUT2D eigenvalue weighted by atomic mass is 10.2. The van der Waals surface area contributed by atoms with Gasteiger partial charge in [0.05, 0.1) is 11.5 Å². The van der Waals surface area contributed by atoms with Crippen LogP contribution in [0, 0.1) is 0 Å². The second kappa shape index (κ2) is 6.64. The van der Waals surface area contributed by atoms with E-state index in [1.165, 1.54) is 11.3 Å². The Balaban J connectivity index is 2.35. The van der Waals surface area contributed by atoms with Gasteiger partial charge in [0.15, 0.2) is 0 Å². The number of benzene rings is 1. The summed E-state index contributed by atoms with van der Waals surface area (Å²) in [6.07, 6.45) is 0.603. The van der Waals surface area contributed by atoms with E-state index in [2.05, 4.69) is 4.72 Å². The van der Waals surface area contributed by atoms with Crippen LogP contribution in [0.25, 0.3) is 10.1 Å². The Morgan fingerprint density at radius 1 is 1.35 bits per heavy atom. The number of thiophene rings is 1. The highest BCUT2D eigenvalue weighted by Crippen LogP contribution is 2.34. The summed E-state index contributed by atoms with van der Waals surface area (Å²) in [5, 5.41) is 10.0. The van der Waals surface area contributed by atoms with Crippen molar-refractivity contribution in [3.05, 3.63) is 29.1 Å². The molecule has 0 saturated carbocycles. The number of fused-ring (bicyclic) bond motifs is 1. The van der Waals surface area contributed by atoms with Crippen molar-refractivity contribution in [3.63, 3.8) is 0 Å². The van der Waals surface area contributed by atoms with Gasteiger partial charge in [0.2, 0.25) is 10.0 Å². The van der Waals surface area contributed by atoms with Crippen LogP contribution in [0.15, 0.2) is 29.2 Å². The molecule has 2 aromatic rings. The van der Waals surface area contributed by atoms with E-state index < -0.39 is 10.0 Å². The lowest BCUT2D eigenvalue weighted by molar-refractivity contribution is 0.196. The number of sulfonamides is 1. The third kappa shape index (κ3) is 3.18. The van der Waals surface area contributed by atoms with Gasteiger partial charge in [0, 0.05) is 30.3 Å². The lowest BCUT2D eigenvalue weighted by Crippen LogP contribution is -2.26. The van der Waals surface area contributed by atoms with Crippen molar-refractivity contribution in [1.82, 2.24) is 4.72 Å². The van der Waals surface area contributed by atoms with Crippen molar-refractivity contribution in [2.45, 2.75) is 17.9 Å². The summed E-state index contributed by atoms with van der Waals surface area (Å²) in [5.41, 5.74) is 0.